The molecule has 0 aromatic rings. The van der Waals surface area contributed by atoms with Gasteiger partial charge in [-0.15, -0.1) is 0 Å². The quantitative estimate of drug-likeness (QED) is 0.769. The zero-order chi connectivity index (χ0) is 11.9. The minimum absolute atomic E-state index is 0.789. The molecular weight excluding hydrogens is 208 g/mol. The van der Waals surface area contributed by atoms with E-state index in [-0.39, 0.29) is 0 Å². The van der Waals surface area contributed by atoms with Crippen LogP contribution in [0.1, 0.15) is 58.3 Å². The third-order valence-corrected chi connectivity index (χ3v) is 4.73. The van der Waals surface area contributed by atoms with E-state index in [0.717, 1.165) is 17.9 Å². The molecule has 2 rings (SSSR count). The lowest BCUT2D eigenvalue weighted by Crippen LogP contribution is -2.43. The Labute approximate surface area is 107 Å². The summed E-state index contributed by atoms with van der Waals surface area (Å²) in [6, 6.07) is 0.789. The number of piperidine rings is 1. The van der Waals surface area contributed by atoms with Crippen LogP contribution < -0.4 is 10.6 Å². The van der Waals surface area contributed by atoms with Crippen molar-refractivity contribution in [3.8, 4) is 0 Å². The molecule has 100 valence electrons. The molecule has 2 heteroatoms. The molecule has 2 N–H and O–H groups in total. The van der Waals surface area contributed by atoms with Crippen molar-refractivity contribution >= 4 is 0 Å². The molecule has 17 heavy (non-hydrogen) atoms. The Bertz CT molecular complexity index is 193. The molecule has 1 saturated carbocycles. The van der Waals surface area contributed by atoms with E-state index in [4.69, 9.17) is 0 Å². The fourth-order valence-corrected chi connectivity index (χ4v) is 3.60. The molecule has 2 fully saturated rings. The van der Waals surface area contributed by atoms with Crippen LogP contribution in [0.3, 0.4) is 0 Å². The van der Waals surface area contributed by atoms with Crippen molar-refractivity contribution in [2.45, 2.75) is 64.3 Å². The van der Waals surface area contributed by atoms with Crippen LogP contribution in [0.4, 0.5) is 0 Å². The Morgan fingerprint density at radius 3 is 2.59 bits per heavy atom. The first-order valence-electron chi connectivity index (χ1n) is 7.84. The molecule has 2 unspecified atom stereocenters. The summed E-state index contributed by atoms with van der Waals surface area (Å²) >= 11 is 0. The van der Waals surface area contributed by atoms with Gasteiger partial charge in [-0.2, -0.15) is 0 Å². The van der Waals surface area contributed by atoms with E-state index < -0.39 is 0 Å². The minimum atomic E-state index is 0.789. The maximum atomic E-state index is 3.87. The van der Waals surface area contributed by atoms with E-state index in [1.165, 1.54) is 71.0 Å². The number of hydrogen-bond acceptors (Lipinski definition) is 2. The molecule has 0 radical (unpaired) electrons. The zero-order valence-electron chi connectivity index (χ0n) is 11.5. The van der Waals surface area contributed by atoms with Crippen LogP contribution in [0.5, 0.6) is 0 Å². The van der Waals surface area contributed by atoms with Gasteiger partial charge in [0.2, 0.25) is 0 Å². The van der Waals surface area contributed by atoms with Crippen molar-refractivity contribution in [2.75, 3.05) is 19.6 Å². The largest absolute Gasteiger partial charge is 0.316 e. The first-order chi connectivity index (χ1) is 8.40. The van der Waals surface area contributed by atoms with Crippen molar-refractivity contribution in [3.05, 3.63) is 0 Å². The molecule has 2 atom stereocenters. The average molecular weight is 238 g/mol. The maximum Gasteiger partial charge on any atom is 0.00928 e. The van der Waals surface area contributed by atoms with Crippen molar-refractivity contribution < 1.29 is 0 Å². The Balaban J connectivity index is 1.70. The third-order valence-electron chi connectivity index (χ3n) is 4.73. The molecule has 1 heterocycles. The van der Waals surface area contributed by atoms with Gasteiger partial charge in [0, 0.05) is 6.04 Å². The van der Waals surface area contributed by atoms with Gasteiger partial charge in [0.15, 0.2) is 0 Å². The highest BCUT2D eigenvalue weighted by Gasteiger charge is 2.23. The van der Waals surface area contributed by atoms with Crippen molar-refractivity contribution in [2.24, 2.45) is 11.8 Å². The number of nitrogens with one attached hydrogen (secondary N) is 2. The van der Waals surface area contributed by atoms with E-state index in [0.29, 0.717) is 0 Å². The predicted octanol–water partition coefficient (Wildman–Crippen LogP) is 2.93. The number of hydrogen-bond donors (Lipinski definition) is 2. The zero-order valence-corrected chi connectivity index (χ0v) is 11.5. The van der Waals surface area contributed by atoms with Crippen LogP contribution in [0.2, 0.25) is 0 Å². The summed E-state index contributed by atoms with van der Waals surface area (Å²) in [6.45, 7) is 6.05. The van der Waals surface area contributed by atoms with Crippen LogP contribution in [-0.4, -0.2) is 25.7 Å². The molecule has 1 aliphatic carbocycles. The van der Waals surface area contributed by atoms with Crippen LogP contribution in [0, 0.1) is 11.8 Å². The van der Waals surface area contributed by atoms with Gasteiger partial charge < -0.3 is 10.6 Å². The van der Waals surface area contributed by atoms with Gasteiger partial charge in [-0.05, 0) is 63.6 Å². The first-order valence-corrected chi connectivity index (χ1v) is 7.84. The van der Waals surface area contributed by atoms with E-state index in [1.807, 2.05) is 0 Å². The van der Waals surface area contributed by atoms with Gasteiger partial charge in [-0.1, -0.05) is 26.2 Å². The van der Waals surface area contributed by atoms with Gasteiger partial charge in [0.25, 0.3) is 0 Å². The summed E-state index contributed by atoms with van der Waals surface area (Å²) in [7, 11) is 0. The summed E-state index contributed by atoms with van der Waals surface area (Å²) in [5, 5.41) is 7.38. The molecule has 0 amide bonds. The molecule has 0 aromatic carbocycles. The summed E-state index contributed by atoms with van der Waals surface area (Å²) in [5.74, 6) is 1.84. The Morgan fingerprint density at radius 2 is 1.94 bits per heavy atom. The van der Waals surface area contributed by atoms with Gasteiger partial charge in [0.1, 0.15) is 0 Å². The molecule has 0 bridgehead atoms. The van der Waals surface area contributed by atoms with Crippen LogP contribution in [0.15, 0.2) is 0 Å². The van der Waals surface area contributed by atoms with Crippen LogP contribution in [0.25, 0.3) is 0 Å². The van der Waals surface area contributed by atoms with Gasteiger partial charge >= 0.3 is 0 Å². The second kappa shape index (κ2) is 7.38. The Kier molecular flexibility index (Phi) is 5.79. The van der Waals surface area contributed by atoms with Crippen LogP contribution in [-0.2, 0) is 0 Å². The summed E-state index contributed by atoms with van der Waals surface area (Å²) in [4.78, 5) is 0. The molecule has 0 aromatic heterocycles. The predicted molar refractivity (Wildman–Crippen MR) is 74.3 cm³/mol. The van der Waals surface area contributed by atoms with E-state index in [2.05, 4.69) is 17.6 Å². The molecule has 1 aliphatic heterocycles. The topological polar surface area (TPSA) is 24.1 Å². The van der Waals surface area contributed by atoms with Crippen molar-refractivity contribution in [1.29, 1.82) is 0 Å². The van der Waals surface area contributed by atoms with Gasteiger partial charge in [-0.3, -0.25) is 0 Å². The average Bonchev–Trinajstić information content (AvgIpc) is 2.42. The fraction of sp³-hybridized carbons (Fsp3) is 1.00. The molecular formula is C15H30N2. The highest BCUT2D eigenvalue weighted by atomic mass is 14.9. The lowest BCUT2D eigenvalue weighted by atomic mass is 9.82. The summed E-state index contributed by atoms with van der Waals surface area (Å²) < 4.78 is 0. The summed E-state index contributed by atoms with van der Waals surface area (Å²) in [5.41, 5.74) is 0. The second-order valence-corrected chi connectivity index (χ2v) is 6.03. The Hall–Kier alpha value is -0.0800. The SMILES string of the molecule is CCC(NCC1CCCNC1)C1CCCCC1. The maximum absolute atomic E-state index is 3.87. The van der Waals surface area contributed by atoms with E-state index in [1.54, 1.807) is 0 Å². The summed E-state index contributed by atoms with van der Waals surface area (Å²) in [6.07, 6.45) is 11.4. The first kappa shape index (κ1) is 13.4. The lowest BCUT2D eigenvalue weighted by molar-refractivity contribution is 0.245. The number of rotatable bonds is 5. The third kappa shape index (κ3) is 4.26. The monoisotopic (exact) mass is 238 g/mol. The highest BCUT2D eigenvalue weighted by Crippen LogP contribution is 2.27. The van der Waals surface area contributed by atoms with Crippen molar-refractivity contribution in [1.82, 2.24) is 10.6 Å². The Morgan fingerprint density at radius 1 is 1.12 bits per heavy atom. The minimum Gasteiger partial charge on any atom is -0.316 e. The second-order valence-electron chi connectivity index (χ2n) is 6.03. The smallest absolute Gasteiger partial charge is 0.00928 e. The molecule has 1 saturated heterocycles. The normalized spacial score (nSPS) is 29.1. The van der Waals surface area contributed by atoms with Gasteiger partial charge in [0.05, 0.1) is 0 Å². The molecule has 2 nitrogen and oxygen atoms in total. The lowest BCUT2D eigenvalue weighted by Gasteiger charge is -2.32. The fourth-order valence-electron chi connectivity index (χ4n) is 3.60. The van der Waals surface area contributed by atoms with E-state index in [9.17, 15) is 0 Å². The van der Waals surface area contributed by atoms with E-state index >= 15 is 0 Å². The van der Waals surface area contributed by atoms with Crippen molar-refractivity contribution in [3.63, 3.8) is 0 Å². The van der Waals surface area contributed by atoms with Gasteiger partial charge in [-0.25, -0.2) is 0 Å². The van der Waals surface area contributed by atoms with Crippen LogP contribution >= 0.6 is 0 Å². The highest BCUT2D eigenvalue weighted by molar-refractivity contribution is 4.80. The molecule has 2 aliphatic rings. The molecule has 0 spiro atoms. The standard InChI is InChI=1S/C15H30N2/c1-2-15(14-8-4-3-5-9-14)17-12-13-7-6-10-16-11-13/h13-17H,2-12H2,1H3.